The van der Waals surface area contributed by atoms with E-state index in [9.17, 15) is 17.6 Å². The molecule has 2 aromatic rings. The number of piperazine rings is 1. The van der Waals surface area contributed by atoms with E-state index in [1.54, 1.807) is 6.07 Å². The fourth-order valence-electron chi connectivity index (χ4n) is 3.06. The summed E-state index contributed by atoms with van der Waals surface area (Å²) in [4.78, 5) is 14.0. The molecule has 1 amide bonds. The number of hydrogen-bond donors (Lipinski definition) is 0. The minimum atomic E-state index is -3.76. The van der Waals surface area contributed by atoms with Crippen LogP contribution in [0.2, 0.25) is 0 Å². The van der Waals surface area contributed by atoms with E-state index in [1.165, 1.54) is 59.8 Å². The molecule has 0 spiro atoms. The maximum atomic E-state index is 13.8. The minimum absolute atomic E-state index is 0.0151. The molecule has 1 fully saturated rings. The third-order valence-electron chi connectivity index (χ3n) is 4.62. The zero-order chi connectivity index (χ0) is 20.3. The van der Waals surface area contributed by atoms with Crippen LogP contribution in [0.3, 0.4) is 0 Å². The van der Waals surface area contributed by atoms with Crippen molar-refractivity contribution in [1.82, 2.24) is 9.21 Å². The van der Waals surface area contributed by atoms with E-state index < -0.39 is 21.7 Å². The van der Waals surface area contributed by atoms with Crippen LogP contribution in [0, 0.1) is 5.82 Å². The van der Waals surface area contributed by atoms with Crippen LogP contribution in [0.25, 0.3) is 0 Å². The van der Waals surface area contributed by atoms with Gasteiger partial charge in [0.05, 0.1) is 24.7 Å². The fraction of sp³-hybridized carbons (Fsp3) is 0.316. The summed E-state index contributed by atoms with van der Waals surface area (Å²) >= 11 is 0. The van der Waals surface area contributed by atoms with Gasteiger partial charge in [0.1, 0.15) is 5.82 Å². The number of carbonyl (C=O) groups excluding carboxylic acids is 1. The van der Waals surface area contributed by atoms with Crippen molar-refractivity contribution in [3.63, 3.8) is 0 Å². The van der Waals surface area contributed by atoms with E-state index in [1.807, 2.05) is 0 Å². The highest BCUT2D eigenvalue weighted by Crippen LogP contribution is 2.31. The SMILES string of the molecule is COc1ccc(S(=O)(=O)N2CCN(C(=O)c3ccccc3F)CC2)cc1OC. The molecule has 0 unspecified atom stereocenters. The average Bonchev–Trinajstić information content (AvgIpc) is 2.73. The van der Waals surface area contributed by atoms with Crippen molar-refractivity contribution in [2.24, 2.45) is 0 Å². The van der Waals surface area contributed by atoms with Gasteiger partial charge in [-0.2, -0.15) is 4.31 Å². The highest BCUT2D eigenvalue weighted by Gasteiger charge is 2.31. The van der Waals surface area contributed by atoms with Crippen molar-refractivity contribution < 1.29 is 27.1 Å². The predicted octanol–water partition coefficient (Wildman–Crippen LogP) is 1.99. The Morgan fingerprint density at radius 2 is 1.61 bits per heavy atom. The Hall–Kier alpha value is -2.65. The molecular weight excluding hydrogens is 387 g/mol. The molecule has 1 aliphatic heterocycles. The molecule has 1 saturated heterocycles. The molecule has 0 atom stereocenters. The first-order valence-corrected chi connectivity index (χ1v) is 10.1. The van der Waals surface area contributed by atoms with Gasteiger partial charge in [0.25, 0.3) is 5.91 Å². The number of nitrogens with zero attached hydrogens (tertiary/aromatic N) is 2. The van der Waals surface area contributed by atoms with Gasteiger partial charge in [-0.25, -0.2) is 12.8 Å². The third-order valence-corrected chi connectivity index (χ3v) is 6.52. The van der Waals surface area contributed by atoms with Gasteiger partial charge in [-0.1, -0.05) is 12.1 Å². The van der Waals surface area contributed by atoms with Crippen LogP contribution in [0.15, 0.2) is 47.4 Å². The number of carbonyl (C=O) groups is 1. The van der Waals surface area contributed by atoms with Crippen molar-refractivity contribution in [3.8, 4) is 11.5 Å². The second-order valence-electron chi connectivity index (χ2n) is 6.19. The molecule has 9 heteroatoms. The van der Waals surface area contributed by atoms with E-state index in [0.29, 0.717) is 11.5 Å². The molecule has 150 valence electrons. The van der Waals surface area contributed by atoms with Crippen LogP contribution < -0.4 is 9.47 Å². The Bertz CT molecular complexity index is 972. The summed E-state index contributed by atoms with van der Waals surface area (Å²) in [5.74, 6) is -0.284. The summed E-state index contributed by atoms with van der Waals surface area (Å²) in [6, 6.07) is 10.1. The van der Waals surface area contributed by atoms with Gasteiger partial charge in [0, 0.05) is 32.2 Å². The molecule has 0 saturated carbocycles. The molecule has 1 aliphatic rings. The minimum Gasteiger partial charge on any atom is -0.493 e. The number of methoxy groups -OCH3 is 2. The number of sulfonamides is 1. The average molecular weight is 408 g/mol. The van der Waals surface area contributed by atoms with Gasteiger partial charge in [0.15, 0.2) is 11.5 Å². The summed E-state index contributed by atoms with van der Waals surface area (Å²) in [5.41, 5.74) is -0.0151. The zero-order valence-electron chi connectivity index (χ0n) is 15.6. The standard InChI is InChI=1S/C19H21FN2O5S/c1-26-17-8-7-14(13-18(17)27-2)28(24,25)22-11-9-21(10-12-22)19(23)15-5-3-4-6-16(15)20/h3-8,13H,9-12H2,1-2H3. The van der Waals surface area contributed by atoms with Gasteiger partial charge in [-0.15, -0.1) is 0 Å². The molecule has 0 aliphatic carbocycles. The van der Waals surface area contributed by atoms with Crippen LogP contribution in [0.1, 0.15) is 10.4 Å². The summed E-state index contributed by atoms with van der Waals surface area (Å²) in [6.45, 7) is 0.604. The maximum absolute atomic E-state index is 13.8. The fourth-order valence-corrected chi connectivity index (χ4v) is 4.50. The maximum Gasteiger partial charge on any atom is 0.256 e. The molecular formula is C19H21FN2O5S. The normalized spacial score (nSPS) is 15.3. The zero-order valence-corrected chi connectivity index (χ0v) is 16.4. The number of hydrogen-bond acceptors (Lipinski definition) is 5. The molecule has 1 heterocycles. The van der Waals surface area contributed by atoms with Crippen molar-refractivity contribution in [2.75, 3.05) is 40.4 Å². The van der Waals surface area contributed by atoms with Crippen LogP contribution in [0.4, 0.5) is 4.39 Å². The summed E-state index contributed by atoms with van der Waals surface area (Å²) in [5, 5.41) is 0. The number of rotatable bonds is 5. The second kappa shape index (κ2) is 8.15. The molecule has 28 heavy (non-hydrogen) atoms. The van der Waals surface area contributed by atoms with Gasteiger partial charge in [-0.3, -0.25) is 4.79 Å². The lowest BCUT2D eigenvalue weighted by atomic mass is 10.1. The van der Waals surface area contributed by atoms with Gasteiger partial charge in [0.2, 0.25) is 10.0 Å². The molecule has 0 bridgehead atoms. The molecule has 2 aromatic carbocycles. The molecule has 7 nitrogen and oxygen atoms in total. The smallest absolute Gasteiger partial charge is 0.256 e. The topological polar surface area (TPSA) is 76.2 Å². The summed E-state index contributed by atoms with van der Waals surface area (Å²) in [6.07, 6.45) is 0. The van der Waals surface area contributed by atoms with Gasteiger partial charge >= 0.3 is 0 Å². The Morgan fingerprint density at radius 1 is 0.964 bits per heavy atom. The Kier molecular flexibility index (Phi) is 5.85. The second-order valence-corrected chi connectivity index (χ2v) is 8.13. The molecule has 3 rings (SSSR count). The quantitative estimate of drug-likeness (QED) is 0.756. The van der Waals surface area contributed by atoms with Gasteiger partial charge < -0.3 is 14.4 Å². The van der Waals surface area contributed by atoms with E-state index in [-0.39, 0.29) is 36.6 Å². The van der Waals surface area contributed by atoms with Crippen molar-refractivity contribution >= 4 is 15.9 Å². The highest BCUT2D eigenvalue weighted by molar-refractivity contribution is 7.89. The van der Waals surface area contributed by atoms with Crippen LogP contribution in [0.5, 0.6) is 11.5 Å². The van der Waals surface area contributed by atoms with Crippen molar-refractivity contribution in [3.05, 3.63) is 53.8 Å². The largest absolute Gasteiger partial charge is 0.493 e. The molecule has 0 N–H and O–H groups in total. The van der Waals surface area contributed by atoms with E-state index in [4.69, 9.17) is 9.47 Å². The van der Waals surface area contributed by atoms with Crippen molar-refractivity contribution in [2.45, 2.75) is 4.90 Å². The summed E-state index contributed by atoms with van der Waals surface area (Å²) in [7, 11) is -0.854. The van der Waals surface area contributed by atoms with E-state index in [0.717, 1.165) is 0 Å². The molecule has 0 radical (unpaired) electrons. The predicted molar refractivity (Wildman–Crippen MR) is 101 cm³/mol. The first-order chi connectivity index (χ1) is 13.4. The van der Waals surface area contributed by atoms with Crippen molar-refractivity contribution in [1.29, 1.82) is 0 Å². The Labute approximate surface area is 163 Å². The van der Waals surface area contributed by atoms with Gasteiger partial charge in [-0.05, 0) is 24.3 Å². The molecule has 0 aromatic heterocycles. The van der Waals surface area contributed by atoms with Crippen LogP contribution in [-0.2, 0) is 10.0 Å². The summed E-state index contributed by atoms with van der Waals surface area (Å²) < 4.78 is 51.3. The van der Waals surface area contributed by atoms with Crippen LogP contribution in [-0.4, -0.2) is 63.9 Å². The lowest BCUT2D eigenvalue weighted by Crippen LogP contribution is -2.50. The van der Waals surface area contributed by atoms with E-state index in [2.05, 4.69) is 0 Å². The Balaban J connectivity index is 1.74. The number of benzene rings is 2. The first kappa shape index (κ1) is 20.1. The first-order valence-electron chi connectivity index (χ1n) is 8.64. The lowest BCUT2D eigenvalue weighted by molar-refractivity contribution is 0.0693. The van der Waals surface area contributed by atoms with E-state index >= 15 is 0 Å². The monoisotopic (exact) mass is 408 g/mol. The Morgan fingerprint density at radius 3 is 2.21 bits per heavy atom. The lowest BCUT2D eigenvalue weighted by Gasteiger charge is -2.34. The number of amides is 1. The highest BCUT2D eigenvalue weighted by atomic mass is 32.2. The number of ether oxygens (including phenoxy) is 2. The third kappa shape index (κ3) is 3.81. The number of halogens is 1. The van der Waals surface area contributed by atoms with Crippen LogP contribution >= 0.6 is 0 Å².